The molecule has 34 heavy (non-hydrogen) atoms. The lowest BCUT2D eigenvalue weighted by atomic mass is 10.0. The minimum Gasteiger partial charge on any atom is -0.318 e. The molecule has 2 heterocycles. The molecule has 0 aliphatic carbocycles. The Morgan fingerprint density at radius 2 is 1.62 bits per heavy atom. The lowest BCUT2D eigenvalue weighted by molar-refractivity contribution is -0.136. The van der Waals surface area contributed by atoms with Gasteiger partial charge >= 0.3 is 12.2 Å². The molecular formula is C26H19ClF3N3O. The van der Waals surface area contributed by atoms with Gasteiger partial charge in [0, 0.05) is 11.2 Å². The number of urea groups is 1. The normalized spacial score (nSPS) is 15.3. The summed E-state index contributed by atoms with van der Waals surface area (Å²) in [6.45, 7) is 0.174. The first kappa shape index (κ1) is 22.1. The molecule has 5 rings (SSSR count). The molecule has 1 aromatic heterocycles. The first-order chi connectivity index (χ1) is 16.3. The van der Waals surface area contributed by atoms with Gasteiger partial charge < -0.3 is 14.8 Å². The Bertz CT molecular complexity index is 1370. The molecule has 0 spiro atoms. The van der Waals surface area contributed by atoms with Gasteiger partial charge in [-0.1, -0.05) is 60.1 Å². The molecule has 0 saturated carbocycles. The van der Waals surface area contributed by atoms with Crippen LogP contribution in [0.3, 0.4) is 0 Å². The molecule has 0 unspecified atom stereocenters. The standard InChI is InChI=1S/C26H19ClF3N3O/c27-20-11-4-2-9-18(20)24-23-14-7-15-32(23)22-13-6-1-8-17(22)16-33(24)25(34)31-21-12-5-3-10-19(21)26(28,29)30/h1-15,24H,16H2,(H,31,34)/t24-/m1/s1. The number of para-hydroxylation sites is 2. The van der Waals surface area contributed by atoms with Crippen molar-refractivity contribution in [2.75, 3.05) is 5.32 Å². The van der Waals surface area contributed by atoms with Crippen LogP contribution in [0.5, 0.6) is 0 Å². The van der Waals surface area contributed by atoms with Crippen LogP contribution < -0.4 is 5.32 Å². The molecule has 8 heteroatoms. The van der Waals surface area contributed by atoms with E-state index in [-0.39, 0.29) is 12.2 Å². The summed E-state index contributed by atoms with van der Waals surface area (Å²) in [5.74, 6) is 0. The monoisotopic (exact) mass is 481 g/mol. The van der Waals surface area contributed by atoms with E-state index in [0.29, 0.717) is 10.6 Å². The van der Waals surface area contributed by atoms with Crippen molar-refractivity contribution in [3.05, 3.63) is 119 Å². The number of rotatable bonds is 2. The predicted octanol–water partition coefficient (Wildman–Crippen LogP) is 7.29. The molecule has 4 nitrogen and oxygen atoms in total. The number of hydrogen-bond donors (Lipinski definition) is 1. The molecule has 0 bridgehead atoms. The Labute approximate surface area is 199 Å². The fraction of sp³-hybridized carbons (Fsp3) is 0.115. The van der Waals surface area contributed by atoms with Gasteiger partial charge in [-0.2, -0.15) is 13.2 Å². The van der Waals surface area contributed by atoms with Crippen molar-refractivity contribution in [3.63, 3.8) is 0 Å². The number of aromatic nitrogens is 1. The van der Waals surface area contributed by atoms with E-state index in [4.69, 9.17) is 11.6 Å². The van der Waals surface area contributed by atoms with E-state index in [1.807, 2.05) is 59.3 Å². The van der Waals surface area contributed by atoms with E-state index >= 15 is 0 Å². The maximum absolute atomic E-state index is 13.6. The van der Waals surface area contributed by atoms with Crippen LogP contribution in [0.1, 0.15) is 28.4 Å². The minimum atomic E-state index is -4.61. The van der Waals surface area contributed by atoms with Gasteiger partial charge in [0.25, 0.3) is 0 Å². The highest BCUT2D eigenvalue weighted by Gasteiger charge is 2.37. The molecular weight excluding hydrogens is 463 g/mol. The maximum atomic E-state index is 13.6. The third-order valence-corrected chi connectivity index (χ3v) is 6.24. The lowest BCUT2D eigenvalue weighted by Crippen LogP contribution is -2.38. The number of halogens is 4. The molecule has 0 fully saturated rings. The van der Waals surface area contributed by atoms with Gasteiger partial charge in [0.05, 0.1) is 29.2 Å². The van der Waals surface area contributed by atoms with Crippen LogP contribution in [-0.2, 0) is 12.7 Å². The zero-order valence-corrected chi connectivity index (χ0v) is 18.5. The largest absolute Gasteiger partial charge is 0.418 e. The first-order valence-electron chi connectivity index (χ1n) is 10.6. The van der Waals surface area contributed by atoms with Crippen LogP contribution in [0.4, 0.5) is 23.7 Å². The Kier molecular flexibility index (Phi) is 5.57. The number of nitrogens with zero attached hydrogens (tertiary/aromatic N) is 2. The van der Waals surface area contributed by atoms with Gasteiger partial charge in [-0.3, -0.25) is 0 Å². The van der Waals surface area contributed by atoms with Gasteiger partial charge in [0.2, 0.25) is 0 Å². The predicted molar refractivity (Wildman–Crippen MR) is 125 cm³/mol. The summed E-state index contributed by atoms with van der Waals surface area (Å²) in [6, 6.07) is 22.2. The van der Waals surface area contributed by atoms with E-state index in [1.54, 1.807) is 12.1 Å². The van der Waals surface area contributed by atoms with Crippen molar-refractivity contribution >= 4 is 23.3 Å². The highest BCUT2D eigenvalue weighted by molar-refractivity contribution is 6.31. The Morgan fingerprint density at radius 1 is 0.912 bits per heavy atom. The summed E-state index contributed by atoms with van der Waals surface area (Å²) in [4.78, 5) is 15.2. The van der Waals surface area contributed by atoms with Crippen molar-refractivity contribution in [2.45, 2.75) is 18.8 Å². The van der Waals surface area contributed by atoms with Crippen LogP contribution in [0.15, 0.2) is 91.1 Å². The third kappa shape index (κ3) is 3.92. The number of hydrogen-bond acceptors (Lipinski definition) is 1. The summed E-state index contributed by atoms with van der Waals surface area (Å²) in [7, 11) is 0. The first-order valence-corrected chi connectivity index (χ1v) is 11.0. The number of carbonyl (C=O) groups is 1. The van der Waals surface area contributed by atoms with Crippen LogP contribution in [0.25, 0.3) is 5.69 Å². The van der Waals surface area contributed by atoms with Crippen molar-refractivity contribution in [2.24, 2.45) is 0 Å². The topological polar surface area (TPSA) is 37.3 Å². The Hall–Kier alpha value is -3.71. The zero-order valence-electron chi connectivity index (χ0n) is 17.8. The van der Waals surface area contributed by atoms with Gasteiger partial charge in [0.15, 0.2) is 0 Å². The Morgan fingerprint density at radius 3 is 2.41 bits per heavy atom. The molecule has 172 valence electrons. The van der Waals surface area contributed by atoms with Crippen LogP contribution in [-0.4, -0.2) is 15.5 Å². The maximum Gasteiger partial charge on any atom is 0.418 e. The number of nitrogens with one attached hydrogen (secondary N) is 1. The number of benzene rings is 3. The average Bonchev–Trinajstić information content (AvgIpc) is 3.24. The van der Waals surface area contributed by atoms with Gasteiger partial charge in [-0.05, 0) is 47.5 Å². The average molecular weight is 482 g/mol. The number of amides is 2. The molecule has 1 atom stereocenters. The second kappa shape index (κ2) is 8.57. The summed E-state index contributed by atoms with van der Waals surface area (Å²) in [5, 5.41) is 2.96. The third-order valence-electron chi connectivity index (χ3n) is 5.90. The second-order valence-electron chi connectivity index (χ2n) is 7.96. The minimum absolute atomic E-state index is 0.174. The highest BCUT2D eigenvalue weighted by Crippen LogP contribution is 2.40. The van der Waals surface area contributed by atoms with Crippen molar-refractivity contribution in [1.29, 1.82) is 0 Å². The molecule has 2 amide bonds. The smallest absolute Gasteiger partial charge is 0.318 e. The molecule has 0 radical (unpaired) electrons. The molecule has 4 aromatic rings. The highest BCUT2D eigenvalue weighted by atomic mass is 35.5. The van der Waals surface area contributed by atoms with Crippen LogP contribution >= 0.6 is 11.6 Å². The summed E-state index contributed by atoms with van der Waals surface area (Å²) < 4.78 is 42.7. The summed E-state index contributed by atoms with van der Waals surface area (Å²) in [6.07, 6.45) is -2.70. The van der Waals surface area contributed by atoms with Crippen LogP contribution in [0, 0.1) is 0 Å². The number of alkyl halides is 3. The van der Waals surface area contributed by atoms with Gasteiger partial charge in [-0.25, -0.2) is 4.79 Å². The fourth-order valence-corrected chi connectivity index (χ4v) is 4.63. The van der Waals surface area contributed by atoms with E-state index < -0.39 is 23.8 Å². The number of carbonyl (C=O) groups excluding carboxylic acids is 1. The summed E-state index contributed by atoms with van der Waals surface area (Å²) >= 11 is 6.55. The zero-order chi connectivity index (χ0) is 23.9. The molecule has 1 aliphatic rings. The van der Waals surface area contributed by atoms with E-state index in [9.17, 15) is 18.0 Å². The summed E-state index contributed by atoms with van der Waals surface area (Å²) in [5.41, 5.74) is 2.00. The lowest BCUT2D eigenvalue weighted by Gasteiger charge is -2.31. The fourth-order valence-electron chi connectivity index (χ4n) is 4.39. The molecule has 1 N–H and O–H groups in total. The SMILES string of the molecule is O=C(Nc1ccccc1C(F)(F)F)N1Cc2ccccc2-n2cccc2[C@H]1c1ccccc1Cl. The Balaban J connectivity index is 1.64. The van der Waals surface area contributed by atoms with E-state index in [1.165, 1.54) is 23.1 Å². The number of anilines is 1. The molecule has 0 saturated heterocycles. The quantitative estimate of drug-likeness (QED) is 0.321. The van der Waals surface area contributed by atoms with Crippen molar-refractivity contribution in [1.82, 2.24) is 9.47 Å². The van der Waals surface area contributed by atoms with E-state index in [2.05, 4.69) is 5.32 Å². The second-order valence-corrected chi connectivity index (χ2v) is 8.36. The molecule has 1 aliphatic heterocycles. The molecule has 3 aromatic carbocycles. The number of fused-ring (bicyclic) bond motifs is 3. The van der Waals surface area contributed by atoms with E-state index in [0.717, 1.165) is 23.0 Å². The van der Waals surface area contributed by atoms with Crippen LogP contribution in [0.2, 0.25) is 5.02 Å². The van der Waals surface area contributed by atoms with Gasteiger partial charge in [-0.15, -0.1) is 0 Å². The van der Waals surface area contributed by atoms with Crippen molar-refractivity contribution in [3.8, 4) is 5.69 Å². The van der Waals surface area contributed by atoms with Crippen molar-refractivity contribution < 1.29 is 18.0 Å². The van der Waals surface area contributed by atoms with Gasteiger partial charge in [0.1, 0.15) is 6.04 Å².